The van der Waals surface area contributed by atoms with Crippen molar-refractivity contribution in [3.8, 4) is 17.2 Å². The number of hydrogen-bond acceptors (Lipinski definition) is 3. The highest BCUT2D eigenvalue weighted by Gasteiger charge is 2.25. The van der Waals surface area contributed by atoms with Crippen LogP contribution in [0.2, 0.25) is 5.02 Å². The van der Waals surface area contributed by atoms with Crippen LogP contribution in [0.1, 0.15) is 17.0 Å². The summed E-state index contributed by atoms with van der Waals surface area (Å²) in [6.07, 6.45) is 0.753. The first-order valence-corrected chi connectivity index (χ1v) is 6.45. The smallest absolute Gasteiger partial charge is 0.200 e. The number of benzene rings is 2. The molecule has 1 heterocycles. The average Bonchev–Trinajstić information content (AvgIpc) is 2.43. The summed E-state index contributed by atoms with van der Waals surface area (Å²) in [4.78, 5) is 0. The Morgan fingerprint density at radius 2 is 2.00 bits per heavy atom. The monoisotopic (exact) mass is 276 g/mol. The molecule has 2 aromatic carbocycles. The number of phenols is 2. The van der Waals surface area contributed by atoms with Gasteiger partial charge >= 0.3 is 0 Å². The van der Waals surface area contributed by atoms with Crippen LogP contribution in [0.15, 0.2) is 36.4 Å². The largest absolute Gasteiger partial charge is 0.504 e. The van der Waals surface area contributed by atoms with Gasteiger partial charge in [0.25, 0.3) is 0 Å². The number of rotatable bonds is 1. The molecule has 2 aromatic rings. The molecule has 0 bridgehead atoms. The average molecular weight is 277 g/mol. The van der Waals surface area contributed by atoms with Crippen LogP contribution in [0.4, 0.5) is 0 Å². The third-order valence-corrected chi connectivity index (χ3v) is 3.64. The van der Waals surface area contributed by atoms with Crippen LogP contribution in [-0.2, 0) is 6.42 Å². The van der Waals surface area contributed by atoms with Crippen molar-refractivity contribution >= 4 is 11.6 Å². The van der Waals surface area contributed by atoms with Crippen molar-refractivity contribution in [2.45, 2.75) is 12.3 Å². The van der Waals surface area contributed by atoms with Crippen molar-refractivity contribution in [2.75, 3.05) is 6.61 Å². The van der Waals surface area contributed by atoms with E-state index in [4.69, 9.17) is 16.3 Å². The fourth-order valence-electron chi connectivity index (χ4n) is 2.41. The molecule has 1 aliphatic heterocycles. The Morgan fingerprint density at radius 1 is 1.16 bits per heavy atom. The summed E-state index contributed by atoms with van der Waals surface area (Å²) >= 11 is 6.00. The second-order valence-corrected chi connectivity index (χ2v) is 5.13. The Morgan fingerprint density at radius 3 is 2.79 bits per heavy atom. The van der Waals surface area contributed by atoms with E-state index in [1.807, 2.05) is 24.3 Å². The lowest BCUT2D eigenvalue weighted by molar-refractivity contribution is 0.246. The minimum Gasteiger partial charge on any atom is -0.504 e. The molecule has 0 amide bonds. The highest BCUT2D eigenvalue weighted by molar-refractivity contribution is 6.30. The van der Waals surface area contributed by atoms with E-state index in [1.54, 1.807) is 6.07 Å². The summed E-state index contributed by atoms with van der Waals surface area (Å²) in [5.41, 5.74) is 2.01. The van der Waals surface area contributed by atoms with Crippen LogP contribution in [-0.4, -0.2) is 16.8 Å². The van der Waals surface area contributed by atoms with Crippen LogP contribution in [0.5, 0.6) is 17.2 Å². The van der Waals surface area contributed by atoms with Gasteiger partial charge in [-0.3, -0.25) is 0 Å². The van der Waals surface area contributed by atoms with Gasteiger partial charge in [0.2, 0.25) is 5.75 Å². The Bertz CT molecular complexity index is 625. The van der Waals surface area contributed by atoms with Crippen molar-refractivity contribution in [1.82, 2.24) is 0 Å². The fourth-order valence-corrected chi connectivity index (χ4v) is 2.61. The lowest BCUT2D eigenvalue weighted by Gasteiger charge is -2.26. The Kier molecular flexibility index (Phi) is 2.99. The van der Waals surface area contributed by atoms with Crippen molar-refractivity contribution in [3.63, 3.8) is 0 Å². The van der Waals surface area contributed by atoms with Gasteiger partial charge in [-0.15, -0.1) is 0 Å². The highest BCUT2D eigenvalue weighted by atomic mass is 35.5. The van der Waals surface area contributed by atoms with E-state index in [-0.39, 0.29) is 17.4 Å². The van der Waals surface area contributed by atoms with Gasteiger partial charge in [-0.2, -0.15) is 0 Å². The minimum atomic E-state index is -0.179. The second-order valence-electron chi connectivity index (χ2n) is 4.69. The van der Waals surface area contributed by atoms with Crippen LogP contribution in [0.25, 0.3) is 0 Å². The molecule has 98 valence electrons. The zero-order valence-corrected chi connectivity index (χ0v) is 10.9. The number of halogens is 1. The van der Waals surface area contributed by atoms with Crippen LogP contribution in [0.3, 0.4) is 0 Å². The van der Waals surface area contributed by atoms with E-state index >= 15 is 0 Å². The number of fused-ring (bicyclic) bond motifs is 1. The molecule has 2 N–H and O–H groups in total. The van der Waals surface area contributed by atoms with Crippen LogP contribution >= 0.6 is 11.6 Å². The van der Waals surface area contributed by atoms with Crippen LogP contribution in [0, 0.1) is 0 Å². The summed E-state index contributed by atoms with van der Waals surface area (Å²) in [6.45, 7) is 0.463. The van der Waals surface area contributed by atoms with Gasteiger partial charge < -0.3 is 14.9 Å². The van der Waals surface area contributed by atoms with E-state index in [0.29, 0.717) is 17.4 Å². The summed E-state index contributed by atoms with van der Waals surface area (Å²) in [7, 11) is 0. The molecule has 4 heteroatoms. The molecular formula is C15H13ClO3. The van der Waals surface area contributed by atoms with Crippen molar-refractivity contribution in [2.24, 2.45) is 0 Å². The minimum absolute atomic E-state index is 0.153. The molecule has 0 aromatic heterocycles. The molecule has 0 radical (unpaired) electrons. The maximum absolute atomic E-state index is 9.75. The molecule has 1 unspecified atom stereocenters. The zero-order valence-electron chi connectivity index (χ0n) is 10.1. The molecule has 1 atom stereocenters. The number of phenolic OH excluding ortho intramolecular Hbond substituents is 2. The normalized spacial score (nSPS) is 17.6. The summed E-state index contributed by atoms with van der Waals surface area (Å²) in [6, 6.07) is 11.0. The Balaban J connectivity index is 1.93. The molecule has 3 rings (SSSR count). The van der Waals surface area contributed by atoms with E-state index in [9.17, 15) is 10.2 Å². The lowest BCUT2D eigenvalue weighted by Crippen LogP contribution is -2.19. The molecule has 0 fully saturated rings. The fraction of sp³-hybridized carbons (Fsp3) is 0.200. The lowest BCUT2D eigenvalue weighted by atomic mass is 9.90. The Hall–Kier alpha value is -1.87. The standard InChI is InChI=1S/C15H13ClO3/c16-12-3-1-2-9(7-12)11-6-10-4-5-13(17)14(18)15(10)19-8-11/h1-5,7,11,17-18H,6,8H2. The summed E-state index contributed by atoms with van der Waals surface area (Å²) < 4.78 is 5.59. The third-order valence-electron chi connectivity index (χ3n) is 3.41. The SMILES string of the molecule is Oc1ccc2c(c1O)OCC(c1cccc(Cl)c1)C2. The van der Waals surface area contributed by atoms with Gasteiger partial charge in [0.1, 0.15) is 0 Å². The summed E-state index contributed by atoms with van der Waals surface area (Å²) in [5.74, 6) is 0.260. The van der Waals surface area contributed by atoms with Crippen molar-refractivity contribution in [3.05, 3.63) is 52.5 Å². The molecule has 3 nitrogen and oxygen atoms in total. The van der Waals surface area contributed by atoms with E-state index < -0.39 is 0 Å². The molecule has 0 spiro atoms. The first-order valence-electron chi connectivity index (χ1n) is 6.07. The zero-order chi connectivity index (χ0) is 13.4. The van der Waals surface area contributed by atoms with Crippen LogP contribution < -0.4 is 4.74 Å². The van der Waals surface area contributed by atoms with Gasteiger partial charge in [0, 0.05) is 10.9 Å². The van der Waals surface area contributed by atoms with E-state index in [1.165, 1.54) is 6.07 Å². The molecule has 0 saturated carbocycles. The van der Waals surface area contributed by atoms with Gasteiger partial charge in [-0.25, -0.2) is 0 Å². The molecule has 0 saturated heterocycles. The van der Waals surface area contributed by atoms with E-state index in [2.05, 4.69) is 0 Å². The second kappa shape index (κ2) is 4.67. The number of aromatic hydroxyl groups is 2. The summed E-state index contributed by atoms with van der Waals surface area (Å²) in [5, 5.41) is 19.9. The number of hydrogen-bond donors (Lipinski definition) is 2. The predicted octanol–water partition coefficient (Wildman–Crippen LogP) is 3.47. The van der Waals surface area contributed by atoms with Gasteiger partial charge in [0.15, 0.2) is 11.5 Å². The Labute approximate surface area is 116 Å². The van der Waals surface area contributed by atoms with E-state index in [0.717, 1.165) is 17.5 Å². The quantitative estimate of drug-likeness (QED) is 0.784. The third kappa shape index (κ3) is 2.22. The highest BCUT2D eigenvalue weighted by Crippen LogP contribution is 2.43. The van der Waals surface area contributed by atoms with Gasteiger partial charge in [-0.05, 0) is 35.7 Å². The maximum atomic E-state index is 9.75. The molecule has 0 aliphatic carbocycles. The topological polar surface area (TPSA) is 49.7 Å². The molecule has 1 aliphatic rings. The van der Waals surface area contributed by atoms with Crippen molar-refractivity contribution < 1.29 is 14.9 Å². The maximum Gasteiger partial charge on any atom is 0.200 e. The first kappa shape index (κ1) is 12.2. The molecular weight excluding hydrogens is 264 g/mol. The first-order chi connectivity index (χ1) is 9.15. The predicted molar refractivity (Wildman–Crippen MR) is 73.2 cm³/mol. The van der Waals surface area contributed by atoms with Gasteiger partial charge in [-0.1, -0.05) is 29.8 Å². The molecule has 19 heavy (non-hydrogen) atoms. The number of ether oxygens (including phenoxy) is 1. The van der Waals surface area contributed by atoms with Crippen molar-refractivity contribution in [1.29, 1.82) is 0 Å². The van der Waals surface area contributed by atoms with Gasteiger partial charge in [0.05, 0.1) is 6.61 Å².